The highest BCUT2D eigenvalue weighted by Crippen LogP contribution is 2.39. The average Bonchev–Trinajstić information content (AvgIpc) is 3.63. The van der Waals surface area contributed by atoms with Gasteiger partial charge in [-0.2, -0.15) is 0 Å². The smallest absolute Gasteiger partial charge is 0.0788 e. The number of anilines is 3. The molecule has 2 heterocycles. The van der Waals surface area contributed by atoms with E-state index < -0.39 is 0 Å². The van der Waals surface area contributed by atoms with Crippen molar-refractivity contribution >= 4 is 49.8 Å². The van der Waals surface area contributed by atoms with E-state index in [1.165, 1.54) is 32.7 Å². The maximum atomic E-state index is 2.41. The lowest BCUT2D eigenvalue weighted by Gasteiger charge is -2.25. The Balaban J connectivity index is 1.33. The molecule has 3 heteroatoms. The molecule has 0 fully saturated rings. The molecule has 0 aliphatic carbocycles. The summed E-state index contributed by atoms with van der Waals surface area (Å²) in [5.41, 5.74) is 9.31. The van der Waals surface area contributed by atoms with Crippen LogP contribution in [0.2, 0.25) is 0 Å². The molecule has 194 valence electrons. The minimum absolute atomic E-state index is 1.12. The molecule has 0 spiro atoms. The lowest BCUT2D eigenvalue weighted by Crippen LogP contribution is -2.09. The molecule has 8 rings (SSSR count). The summed E-state index contributed by atoms with van der Waals surface area (Å²) in [6, 6.07) is 56.1. The number of fused-ring (bicyclic) bond motifs is 5. The molecule has 0 aliphatic heterocycles. The summed E-state index contributed by atoms with van der Waals surface area (Å²) in [5, 5.41) is 3.74. The highest BCUT2D eigenvalue weighted by atomic mass is 15.1. The van der Waals surface area contributed by atoms with E-state index >= 15 is 0 Å². The second kappa shape index (κ2) is 9.58. The molecule has 2 aromatic heterocycles. The van der Waals surface area contributed by atoms with Gasteiger partial charge in [0.1, 0.15) is 0 Å². The van der Waals surface area contributed by atoms with Gasteiger partial charge in [0.05, 0.1) is 16.6 Å². The minimum Gasteiger partial charge on any atom is -0.315 e. The van der Waals surface area contributed by atoms with E-state index in [9.17, 15) is 0 Å². The molecule has 0 N–H and O–H groups in total. The van der Waals surface area contributed by atoms with Crippen LogP contribution in [0.3, 0.4) is 0 Å². The molecule has 0 bridgehead atoms. The predicted molar refractivity (Wildman–Crippen MR) is 172 cm³/mol. The summed E-state index contributed by atoms with van der Waals surface area (Å²) in [6.07, 6.45) is 2.19. The third-order valence-electron chi connectivity index (χ3n) is 7.91. The highest BCUT2D eigenvalue weighted by Gasteiger charge is 2.18. The molecule has 3 nitrogen and oxygen atoms in total. The van der Waals surface area contributed by atoms with Gasteiger partial charge in [0, 0.05) is 50.8 Å². The minimum atomic E-state index is 1.12. The zero-order valence-electron chi connectivity index (χ0n) is 22.4. The highest BCUT2D eigenvalue weighted by molar-refractivity contribution is 6.18. The van der Waals surface area contributed by atoms with Crippen LogP contribution in [0.15, 0.2) is 164 Å². The van der Waals surface area contributed by atoms with Crippen LogP contribution in [0, 0.1) is 0 Å². The van der Waals surface area contributed by atoms with Crippen LogP contribution in [0.25, 0.3) is 44.1 Å². The number of hydrogen-bond donors (Lipinski definition) is 0. The number of hydrogen-bond acceptors (Lipinski definition) is 1. The van der Waals surface area contributed by atoms with Gasteiger partial charge in [-0.25, -0.2) is 0 Å². The molecule has 0 amide bonds. The lowest BCUT2D eigenvalue weighted by molar-refractivity contribution is 1.11. The van der Waals surface area contributed by atoms with Crippen LogP contribution in [-0.4, -0.2) is 9.13 Å². The van der Waals surface area contributed by atoms with Gasteiger partial charge in [0.25, 0.3) is 0 Å². The van der Waals surface area contributed by atoms with Gasteiger partial charge in [-0.1, -0.05) is 84.9 Å². The second-order valence-corrected chi connectivity index (χ2v) is 10.3. The van der Waals surface area contributed by atoms with Crippen molar-refractivity contribution in [2.45, 2.75) is 0 Å². The molecular formula is C38H27N3. The quantitative estimate of drug-likeness (QED) is 0.218. The first-order chi connectivity index (χ1) is 20.4. The molecular weight excluding hydrogens is 498 g/mol. The van der Waals surface area contributed by atoms with Gasteiger partial charge >= 0.3 is 0 Å². The number of benzene rings is 6. The topological polar surface area (TPSA) is 13.1 Å². The molecule has 41 heavy (non-hydrogen) atoms. The van der Waals surface area contributed by atoms with Gasteiger partial charge in [-0.05, 0) is 72.8 Å². The normalized spacial score (nSPS) is 11.4. The van der Waals surface area contributed by atoms with E-state index in [1.807, 2.05) is 0 Å². The summed E-state index contributed by atoms with van der Waals surface area (Å²) in [6.45, 7) is 0. The standard InChI is InChI=1S/C38H27N3/c1-4-12-30(13-5-1)40(31-14-6-2-7-15-31)33-23-21-29(22-24-33)39-27-26-28-20-25-35-34-18-10-11-19-36(34)41(38(35)37(28)39)32-16-8-3-9-17-32/h1-27H. The van der Waals surface area contributed by atoms with E-state index in [0.717, 1.165) is 28.4 Å². The summed E-state index contributed by atoms with van der Waals surface area (Å²) in [7, 11) is 0. The fraction of sp³-hybridized carbons (Fsp3) is 0. The van der Waals surface area contributed by atoms with Crippen molar-refractivity contribution in [2.75, 3.05) is 4.90 Å². The first kappa shape index (κ1) is 23.4. The first-order valence-electron chi connectivity index (χ1n) is 14.0. The Bertz CT molecular complexity index is 2080. The molecule has 8 aromatic rings. The molecule has 0 atom stereocenters. The van der Waals surface area contributed by atoms with Crippen molar-refractivity contribution in [3.63, 3.8) is 0 Å². The SMILES string of the molecule is c1ccc(N(c2ccccc2)c2ccc(-n3ccc4ccc5c6ccccc6n(-c6ccccc6)c5c43)cc2)cc1. The van der Waals surface area contributed by atoms with Crippen molar-refractivity contribution in [3.8, 4) is 11.4 Å². The zero-order valence-corrected chi connectivity index (χ0v) is 22.4. The summed E-state index contributed by atoms with van der Waals surface area (Å²) < 4.78 is 4.74. The van der Waals surface area contributed by atoms with Crippen LogP contribution >= 0.6 is 0 Å². The molecule has 0 unspecified atom stereocenters. The molecule has 0 aliphatic rings. The van der Waals surface area contributed by atoms with Crippen molar-refractivity contribution in [1.29, 1.82) is 0 Å². The van der Waals surface area contributed by atoms with Crippen molar-refractivity contribution < 1.29 is 0 Å². The average molecular weight is 526 g/mol. The number of nitrogens with zero attached hydrogens (tertiary/aromatic N) is 3. The van der Waals surface area contributed by atoms with Gasteiger partial charge < -0.3 is 14.0 Å². The van der Waals surface area contributed by atoms with Crippen LogP contribution in [0.4, 0.5) is 17.1 Å². The van der Waals surface area contributed by atoms with E-state index in [0.29, 0.717) is 0 Å². The van der Waals surface area contributed by atoms with E-state index in [1.54, 1.807) is 0 Å². The van der Waals surface area contributed by atoms with Crippen LogP contribution < -0.4 is 4.90 Å². The van der Waals surface area contributed by atoms with E-state index in [-0.39, 0.29) is 0 Å². The van der Waals surface area contributed by atoms with Crippen LogP contribution in [0.1, 0.15) is 0 Å². The summed E-state index contributed by atoms with van der Waals surface area (Å²) >= 11 is 0. The van der Waals surface area contributed by atoms with Gasteiger partial charge in [0.15, 0.2) is 0 Å². The summed E-state index contributed by atoms with van der Waals surface area (Å²) in [4.78, 5) is 2.29. The summed E-state index contributed by atoms with van der Waals surface area (Å²) in [5.74, 6) is 0. The zero-order chi connectivity index (χ0) is 27.2. The number of aromatic nitrogens is 2. The predicted octanol–water partition coefficient (Wildman–Crippen LogP) is 10.2. The Labute approximate surface area is 238 Å². The Kier molecular flexibility index (Phi) is 5.46. The molecule has 0 radical (unpaired) electrons. The fourth-order valence-corrected chi connectivity index (χ4v) is 6.10. The molecule has 0 saturated carbocycles. The Morgan fingerprint density at radius 2 is 0.976 bits per heavy atom. The maximum absolute atomic E-state index is 2.41. The third kappa shape index (κ3) is 3.82. The first-order valence-corrected chi connectivity index (χ1v) is 14.0. The fourth-order valence-electron chi connectivity index (χ4n) is 6.10. The third-order valence-corrected chi connectivity index (χ3v) is 7.91. The maximum Gasteiger partial charge on any atom is 0.0788 e. The number of rotatable bonds is 5. The van der Waals surface area contributed by atoms with Gasteiger partial charge in [-0.15, -0.1) is 0 Å². The van der Waals surface area contributed by atoms with Gasteiger partial charge in [-0.3, -0.25) is 0 Å². The van der Waals surface area contributed by atoms with Crippen LogP contribution in [0.5, 0.6) is 0 Å². The Hall–Kier alpha value is -5.54. The van der Waals surface area contributed by atoms with Crippen molar-refractivity contribution in [1.82, 2.24) is 9.13 Å². The Morgan fingerprint density at radius 1 is 0.390 bits per heavy atom. The van der Waals surface area contributed by atoms with E-state index in [4.69, 9.17) is 0 Å². The molecule has 6 aromatic carbocycles. The monoisotopic (exact) mass is 525 g/mol. The largest absolute Gasteiger partial charge is 0.315 e. The van der Waals surface area contributed by atoms with Crippen molar-refractivity contribution in [3.05, 3.63) is 164 Å². The molecule has 0 saturated heterocycles. The van der Waals surface area contributed by atoms with Crippen molar-refractivity contribution in [2.24, 2.45) is 0 Å². The van der Waals surface area contributed by atoms with E-state index in [2.05, 4.69) is 178 Å². The van der Waals surface area contributed by atoms with Crippen LogP contribution in [-0.2, 0) is 0 Å². The lowest BCUT2D eigenvalue weighted by atomic mass is 10.1. The second-order valence-electron chi connectivity index (χ2n) is 10.3. The number of para-hydroxylation sites is 4. The Morgan fingerprint density at radius 3 is 1.66 bits per heavy atom. The van der Waals surface area contributed by atoms with Gasteiger partial charge in [0.2, 0.25) is 0 Å².